The first-order chi connectivity index (χ1) is 49.0. The van der Waals surface area contributed by atoms with Gasteiger partial charge in [-0.3, -0.25) is 0 Å². The molecule has 4 aromatic rings. The summed E-state index contributed by atoms with van der Waals surface area (Å²) < 4.78 is 72.9. The van der Waals surface area contributed by atoms with E-state index in [-0.39, 0.29) is 58.7 Å². The van der Waals surface area contributed by atoms with Crippen molar-refractivity contribution in [3.8, 4) is 0 Å². The van der Waals surface area contributed by atoms with Crippen LogP contribution >= 0.6 is 0 Å². The molecular formula is C92H158BaO6S2. The van der Waals surface area contributed by atoms with E-state index in [4.69, 9.17) is 0 Å². The molecule has 576 valence electrons. The SMILES string of the molecule is CCCCCCCCCCCCCCCCCCc1cccc2c(S(=O)(=O)[O-])ccc(CCCCCCCCCCCCCCCCCC)c12.CCCCCCCCCCCCCCCCCCc1cccc2c(S(=O)(=O)[O-])ccc(CCCCCCCCCCCCCCCCCC)c12.[Ba+2]. The predicted octanol–water partition coefficient (Wildman–Crippen LogP) is 30.3. The molecule has 0 aliphatic carbocycles. The van der Waals surface area contributed by atoms with Crippen molar-refractivity contribution < 1.29 is 25.9 Å². The van der Waals surface area contributed by atoms with Crippen LogP contribution in [0.2, 0.25) is 0 Å². The van der Waals surface area contributed by atoms with E-state index in [0.29, 0.717) is 10.8 Å². The van der Waals surface area contributed by atoms with Crippen LogP contribution in [0.15, 0.2) is 70.5 Å². The van der Waals surface area contributed by atoms with Crippen LogP contribution in [0.25, 0.3) is 21.5 Å². The summed E-state index contributed by atoms with van der Waals surface area (Å²) in [5.74, 6) is 0. The van der Waals surface area contributed by atoms with Crippen molar-refractivity contribution in [3.05, 3.63) is 82.9 Å². The quantitative estimate of drug-likeness (QED) is 0.0247. The van der Waals surface area contributed by atoms with E-state index in [9.17, 15) is 25.9 Å². The maximum atomic E-state index is 12.1. The van der Waals surface area contributed by atoms with Gasteiger partial charge >= 0.3 is 48.9 Å². The Morgan fingerprint density at radius 3 is 0.515 bits per heavy atom. The number of aryl methyl sites for hydroxylation is 4. The van der Waals surface area contributed by atoms with Crippen molar-refractivity contribution in [3.63, 3.8) is 0 Å². The minimum atomic E-state index is -4.52. The van der Waals surface area contributed by atoms with E-state index in [1.165, 1.54) is 408 Å². The zero-order valence-corrected chi connectivity index (χ0v) is 72.9. The molecule has 0 fully saturated rings. The number of fused-ring (bicyclic) bond motifs is 2. The molecule has 0 radical (unpaired) electrons. The van der Waals surface area contributed by atoms with E-state index < -0.39 is 20.2 Å². The van der Waals surface area contributed by atoms with Crippen LogP contribution in [0, 0.1) is 0 Å². The van der Waals surface area contributed by atoms with Gasteiger partial charge in [-0.1, -0.05) is 461 Å². The maximum Gasteiger partial charge on any atom is 2.00 e. The van der Waals surface area contributed by atoms with Gasteiger partial charge in [0.25, 0.3) is 0 Å². The summed E-state index contributed by atoms with van der Waals surface area (Å²) in [6.07, 6.45) is 90.6. The van der Waals surface area contributed by atoms with Gasteiger partial charge in [0.15, 0.2) is 0 Å². The molecule has 0 saturated carbocycles. The van der Waals surface area contributed by atoms with Crippen molar-refractivity contribution in [1.29, 1.82) is 0 Å². The van der Waals surface area contributed by atoms with E-state index in [1.807, 2.05) is 36.4 Å². The summed E-state index contributed by atoms with van der Waals surface area (Å²) in [6.45, 7) is 9.14. The molecule has 4 rings (SSSR count). The summed E-state index contributed by atoms with van der Waals surface area (Å²) in [5, 5.41) is 3.32. The predicted molar refractivity (Wildman–Crippen MR) is 443 cm³/mol. The molecule has 6 nitrogen and oxygen atoms in total. The Bertz CT molecular complexity index is 2490. The average molecular weight is 1560 g/mol. The van der Waals surface area contributed by atoms with Crippen LogP contribution in [-0.4, -0.2) is 74.8 Å². The molecule has 0 aromatic heterocycles. The van der Waals surface area contributed by atoms with E-state index >= 15 is 0 Å². The van der Waals surface area contributed by atoms with Gasteiger partial charge in [-0.25, -0.2) is 16.8 Å². The van der Waals surface area contributed by atoms with Gasteiger partial charge in [-0.15, -0.1) is 0 Å². The maximum absolute atomic E-state index is 12.1. The molecule has 0 saturated heterocycles. The Morgan fingerprint density at radius 2 is 0.356 bits per heavy atom. The largest absolute Gasteiger partial charge is 2.00 e. The van der Waals surface area contributed by atoms with Crippen LogP contribution in [0.1, 0.15) is 461 Å². The van der Waals surface area contributed by atoms with Gasteiger partial charge in [0.05, 0.1) is 9.79 Å². The molecule has 0 atom stereocenters. The molecule has 0 unspecified atom stereocenters. The fourth-order valence-corrected chi connectivity index (χ4v) is 17.1. The molecule has 0 amide bonds. The van der Waals surface area contributed by atoms with Gasteiger partial charge in [0.1, 0.15) is 20.2 Å². The first-order valence-corrected chi connectivity index (χ1v) is 46.8. The fraction of sp³-hybridized carbons (Fsp3) is 0.783. The normalized spacial score (nSPS) is 11.9. The molecule has 0 heterocycles. The van der Waals surface area contributed by atoms with Gasteiger partial charge in [-0.2, -0.15) is 0 Å². The van der Waals surface area contributed by atoms with Gasteiger partial charge in [-0.05, 0) is 107 Å². The Hall–Kier alpha value is -1.21. The fourth-order valence-electron chi connectivity index (χ4n) is 15.8. The summed E-state index contributed by atoms with van der Waals surface area (Å²) in [6, 6.07) is 18.9. The minimum Gasteiger partial charge on any atom is -0.744 e. The zero-order valence-electron chi connectivity index (χ0n) is 66.8. The third kappa shape index (κ3) is 49.5. The van der Waals surface area contributed by atoms with Crippen LogP contribution in [-0.2, 0) is 45.9 Å². The number of unbranched alkanes of at least 4 members (excludes halogenated alkanes) is 60. The molecule has 0 aliphatic heterocycles. The molecule has 0 N–H and O–H groups in total. The first kappa shape index (κ1) is 95.9. The van der Waals surface area contributed by atoms with Crippen LogP contribution in [0.5, 0.6) is 0 Å². The van der Waals surface area contributed by atoms with Crippen LogP contribution in [0.4, 0.5) is 0 Å². The Labute approximate surface area is 667 Å². The molecule has 4 aromatic carbocycles. The topological polar surface area (TPSA) is 114 Å². The van der Waals surface area contributed by atoms with Crippen molar-refractivity contribution in [2.75, 3.05) is 0 Å². The molecular weight excluding hydrogens is 1400 g/mol. The summed E-state index contributed by atoms with van der Waals surface area (Å²) in [4.78, 5) is -0.117. The molecule has 0 spiro atoms. The van der Waals surface area contributed by atoms with Gasteiger partial charge in [0.2, 0.25) is 0 Å². The molecule has 9 heteroatoms. The first-order valence-electron chi connectivity index (χ1n) is 44.0. The monoisotopic (exact) mass is 1560 g/mol. The Balaban J connectivity index is 0.000000680. The van der Waals surface area contributed by atoms with Crippen molar-refractivity contribution in [2.24, 2.45) is 0 Å². The van der Waals surface area contributed by atoms with E-state index in [0.717, 1.165) is 62.1 Å². The zero-order chi connectivity index (χ0) is 71.9. The molecule has 0 aliphatic rings. The van der Waals surface area contributed by atoms with Crippen LogP contribution < -0.4 is 0 Å². The second-order valence-corrected chi connectivity index (χ2v) is 33.9. The molecule has 0 bridgehead atoms. The van der Waals surface area contributed by atoms with Crippen LogP contribution in [0.3, 0.4) is 0 Å². The standard InChI is InChI=1S/2C46H80O3S.Ba/c2*1-3-5-7-9-11-13-15-17-19-21-23-25-27-29-31-33-36-42-38-35-39-44-45(50(47,48)49)41-40-43(46(42)44)37-34-32-30-28-26-24-22-20-18-16-14-12-10-8-6-4-2;/h2*35,38-41H,3-34,36-37H2,1-2H3,(H,47,48,49);/q;;+2/p-2. The van der Waals surface area contributed by atoms with E-state index in [1.54, 1.807) is 12.1 Å². The third-order valence-corrected chi connectivity index (χ3v) is 23.9. The summed E-state index contributed by atoms with van der Waals surface area (Å²) in [5.41, 5.74) is 4.85. The number of rotatable bonds is 70. The Morgan fingerprint density at radius 1 is 0.208 bits per heavy atom. The second-order valence-electron chi connectivity index (χ2n) is 31.2. The smallest absolute Gasteiger partial charge is 0.744 e. The van der Waals surface area contributed by atoms with Crippen molar-refractivity contribution in [1.82, 2.24) is 0 Å². The number of hydrogen-bond acceptors (Lipinski definition) is 6. The second kappa shape index (κ2) is 67.0. The van der Waals surface area contributed by atoms with Crippen molar-refractivity contribution >= 4 is 90.7 Å². The number of benzene rings is 4. The van der Waals surface area contributed by atoms with Gasteiger partial charge < -0.3 is 9.11 Å². The molecule has 101 heavy (non-hydrogen) atoms. The minimum absolute atomic E-state index is 0. The third-order valence-electron chi connectivity index (χ3n) is 22.1. The summed E-state index contributed by atoms with van der Waals surface area (Å²) in [7, 11) is -9.03. The summed E-state index contributed by atoms with van der Waals surface area (Å²) >= 11 is 0. The van der Waals surface area contributed by atoms with Crippen molar-refractivity contribution in [2.45, 2.75) is 474 Å². The number of hydrogen-bond donors (Lipinski definition) is 0. The van der Waals surface area contributed by atoms with Gasteiger partial charge in [0, 0.05) is 0 Å². The average Bonchev–Trinajstić information content (AvgIpc) is 0.780. The van der Waals surface area contributed by atoms with E-state index in [2.05, 4.69) is 39.8 Å². The Kier molecular flexibility index (Phi) is 63.5.